The summed E-state index contributed by atoms with van der Waals surface area (Å²) in [5, 5.41) is 10.9. The predicted molar refractivity (Wildman–Crippen MR) is 92.3 cm³/mol. The van der Waals surface area contributed by atoms with Crippen molar-refractivity contribution in [2.24, 2.45) is 0 Å². The zero-order chi connectivity index (χ0) is 17.1. The summed E-state index contributed by atoms with van der Waals surface area (Å²) in [5.74, 6) is 1.02. The number of nitrogens with zero attached hydrogens (tertiary/aromatic N) is 1. The monoisotopic (exact) mass is 323 g/mol. The summed E-state index contributed by atoms with van der Waals surface area (Å²) >= 11 is 0. The van der Waals surface area contributed by atoms with Gasteiger partial charge in [-0.25, -0.2) is 0 Å². The van der Waals surface area contributed by atoms with Gasteiger partial charge in [-0.3, -0.25) is 10.1 Å². The zero-order valence-corrected chi connectivity index (χ0v) is 14.5. The topological polar surface area (TPSA) is 61.6 Å². The van der Waals surface area contributed by atoms with E-state index in [-0.39, 0.29) is 11.8 Å². The maximum atomic E-state index is 10.9. The second-order valence-corrected chi connectivity index (χ2v) is 6.02. The number of ether oxygens (including phenoxy) is 2. The molecule has 23 heavy (non-hydrogen) atoms. The van der Waals surface area contributed by atoms with E-state index in [2.05, 4.69) is 6.92 Å². The molecule has 0 saturated heterocycles. The Morgan fingerprint density at radius 2 is 1.70 bits per heavy atom. The van der Waals surface area contributed by atoms with Crippen molar-refractivity contribution >= 4 is 5.69 Å². The number of benzene rings is 1. The fraction of sp³-hybridized carbons (Fsp3) is 0.667. The minimum Gasteiger partial charge on any atom is -0.490 e. The third kappa shape index (κ3) is 7.86. The van der Waals surface area contributed by atoms with Gasteiger partial charge in [0.2, 0.25) is 0 Å². The van der Waals surface area contributed by atoms with E-state index in [0.717, 1.165) is 12.8 Å². The lowest BCUT2D eigenvalue weighted by Crippen LogP contribution is -2.08. The third-order valence-corrected chi connectivity index (χ3v) is 3.51. The first-order chi connectivity index (χ1) is 11.0. The van der Waals surface area contributed by atoms with Gasteiger partial charge in [-0.2, -0.15) is 0 Å². The van der Waals surface area contributed by atoms with E-state index in [1.165, 1.54) is 44.2 Å². The summed E-state index contributed by atoms with van der Waals surface area (Å²) in [6.07, 6.45) is 8.49. The summed E-state index contributed by atoms with van der Waals surface area (Å²) in [6.45, 7) is 6.60. The number of hydrogen-bond donors (Lipinski definition) is 0. The maximum Gasteiger partial charge on any atom is 0.273 e. The molecule has 0 aromatic heterocycles. The fourth-order valence-electron chi connectivity index (χ4n) is 2.32. The Kier molecular flexibility index (Phi) is 9.10. The third-order valence-electron chi connectivity index (χ3n) is 3.51. The lowest BCUT2D eigenvalue weighted by molar-refractivity contribution is -0.385. The molecule has 0 atom stereocenters. The molecule has 0 fully saturated rings. The SMILES string of the molecule is CCCCCCCCCOc1ccc([N+](=O)[O-])cc1OC(C)C. The first-order valence-corrected chi connectivity index (χ1v) is 8.62. The van der Waals surface area contributed by atoms with Gasteiger partial charge in [-0.15, -0.1) is 0 Å². The average molecular weight is 323 g/mol. The van der Waals surface area contributed by atoms with Gasteiger partial charge < -0.3 is 9.47 Å². The van der Waals surface area contributed by atoms with Crippen molar-refractivity contribution in [1.29, 1.82) is 0 Å². The molecule has 0 saturated carbocycles. The largest absolute Gasteiger partial charge is 0.490 e. The molecule has 0 N–H and O–H groups in total. The zero-order valence-electron chi connectivity index (χ0n) is 14.5. The maximum absolute atomic E-state index is 10.9. The van der Waals surface area contributed by atoms with Gasteiger partial charge in [0.15, 0.2) is 11.5 Å². The molecule has 1 rings (SSSR count). The van der Waals surface area contributed by atoms with Gasteiger partial charge in [0, 0.05) is 6.07 Å². The Balaban J connectivity index is 2.44. The standard InChI is InChI=1S/C18H29NO4/c1-4-5-6-7-8-9-10-13-22-17-12-11-16(19(20)21)14-18(17)23-15(2)3/h11-12,14-15H,4-10,13H2,1-3H3. The quantitative estimate of drug-likeness (QED) is 0.289. The number of rotatable bonds is 12. The molecule has 0 radical (unpaired) electrons. The highest BCUT2D eigenvalue weighted by molar-refractivity contribution is 5.48. The second-order valence-electron chi connectivity index (χ2n) is 6.02. The van der Waals surface area contributed by atoms with Crippen LogP contribution in [0.4, 0.5) is 5.69 Å². The van der Waals surface area contributed by atoms with E-state index < -0.39 is 4.92 Å². The van der Waals surface area contributed by atoms with Crippen molar-refractivity contribution in [1.82, 2.24) is 0 Å². The first-order valence-electron chi connectivity index (χ1n) is 8.62. The molecule has 0 aliphatic carbocycles. The molecule has 0 spiro atoms. The number of unbranched alkanes of at least 4 members (excludes halogenated alkanes) is 6. The van der Waals surface area contributed by atoms with Crippen molar-refractivity contribution in [3.63, 3.8) is 0 Å². The van der Waals surface area contributed by atoms with E-state index in [1.54, 1.807) is 6.07 Å². The van der Waals surface area contributed by atoms with Crippen LogP contribution < -0.4 is 9.47 Å². The average Bonchev–Trinajstić information content (AvgIpc) is 2.50. The van der Waals surface area contributed by atoms with Crippen LogP contribution in [-0.4, -0.2) is 17.6 Å². The summed E-state index contributed by atoms with van der Waals surface area (Å²) in [7, 11) is 0. The number of nitro groups is 1. The normalized spacial score (nSPS) is 10.8. The molecule has 0 bridgehead atoms. The summed E-state index contributed by atoms with van der Waals surface area (Å²) < 4.78 is 11.4. The van der Waals surface area contributed by atoms with Crippen molar-refractivity contribution in [2.45, 2.75) is 71.8 Å². The van der Waals surface area contributed by atoms with Crippen LogP contribution in [0.5, 0.6) is 11.5 Å². The van der Waals surface area contributed by atoms with Crippen LogP contribution >= 0.6 is 0 Å². The van der Waals surface area contributed by atoms with Gasteiger partial charge in [0.05, 0.1) is 23.7 Å². The van der Waals surface area contributed by atoms with Crippen molar-refractivity contribution < 1.29 is 14.4 Å². The molecule has 1 aromatic carbocycles. The highest BCUT2D eigenvalue weighted by atomic mass is 16.6. The summed E-state index contributed by atoms with van der Waals surface area (Å²) in [5.41, 5.74) is 0.0175. The van der Waals surface area contributed by atoms with E-state index >= 15 is 0 Å². The molecule has 0 aliphatic rings. The second kappa shape index (κ2) is 10.9. The van der Waals surface area contributed by atoms with Crippen molar-refractivity contribution in [2.75, 3.05) is 6.61 Å². The van der Waals surface area contributed by atoms with E-state index in [4.69, 9.17) is 9.47 Å². The highest BCUT2D eigenvalue weighted by Gasteiger charge is 2.14. The molecular formula is C18H29NO4. The minimum absolute atomic E-state index is 0.0175. The molecule has 0 amide bonds. The molecule has 0 aliphatic heterocycles. The Labute approximate surface area is 139 Å². The number of hydrogen-bond acceptors (Lipinski definition) is 4. The highest BCUT2D eigenvalue weighted by Crippen LogP contribution is 2.32. The van der Waals surface area contributed by atoms with Crippen LogP contribution in [0.15, 0.2) is 18.2 Å². The van der Waals surface area contributed by atoms with Gasteiger partial charge in [0.1, 0.15) is 0 Å². The molecule has 5 nitrogen and oxygen atoms in total. The van der Waals surface area contributed by atoms with Crippen LogP contribution in [0.1, 0.15) is 65.7 Å². The smallest absolute Gasteiger partial charge is 0.273 e. The Bertz CT molecular complexity index is 474. The molecule has 130 valence electrons. The summed E-state index contributed by atoms with van der Waals surface area (Å²) in [6, 6.07) is 4.50. The Hall–Kier alpha value is -1.78. The number of nitro benzene ring substituents is 1. The lowest BCUT2D eigenvalue weighted by atomic mass is 10.1. The van der Waals surface area contributed by atoms with Crippen LogP contribution in [-0.2, 0) is 0 Å². The number of non-ortho nitro benzene ring substituents is 1. The van der Waals surface area contributed by atoms with Crippen LogP contribution in [0.2, 0.25) is 0 Å². The lowest BCUT2D eigenvalue weighted by Gasteiger charge is -2.14. The predicted octanol–water partition coefficient (Wildman–Crippen LogP) is 5.51. The summed E-state index contributed by atoms with van der Waals surface area (Å²) in [4.78, 5) is 10.4. The Morgan fingerprint density at radius 3 is 2.30 bits per heavy atom. The molecular weight excluding hydrogens is 294 g/mol. The Morgan fingerprint density at radius 1 is 1.04 bits per heavy atom. The fourth-order valence-corrected chi connectivity index (χ4v) is 2.32. The van der Waals surface area contributed by atoms with Gasteiger partial charge >= 0.3 is 0 Å². The van der Waals surface area contributed by atoms with Gasteiger partial charge in [-0.05, 0) is 26.3 Å². The van der Waals surface area contributed by atoms with Crippen LogP contribution in [0, 0.1) is 10.1 Å². The molecule has 1 aromatic rings. The van der Waals surface area contributed by atoms with Gasteiger partial charge in [0.25, 0.3) is 5.69 Å². The first kappa shape index (κ1) is 19.3. The van der Waals surface area contributed by atoms with E-state index in [9.17, 15) is 10.1 Å². The molecule has 0 unspecified atom stereocenters. The van der Waals surface area contributed by atoms with Crippen LogP contribution in [0.3, 0.4) is 0 Å². The molecule has 5 heteroatoms. The van der Waals surface area contributed by atoms with Crippen molar-refractivity contribution in [3.8, 4) is 11.5 Å². The minimum atomic E-state index is -0.423. The molecule has 0 heterocycles. The van der Waals surface area contributed by atoms with Crippen molar-refractivity contribution in [3.05, 3.63) is 28.3 Å². The van der Waals surface area contributed by atoms with E-state index in [1.807, 2.05) is 13.8 Å². The van der Waals surface area contributed by atoms with E-state index in [0.29, 0.717) is 18.1 Å². The van der Waals surface area contributed by atoms with Crippen LogP contribution in [0.25, 0.3) is 0 Å². The van der Waals surface area contributed by atoms with Gasteiger partial charge in [-0.1, -0.05) is 45.4 Å².